The average Bonchev–Trinajstić information content (AvgIpc) is 4.03. The molecule has 0 N–H and O–H groups in total. The third-order valence-corrected chi connectivity index (χ3v) is 13.9. The van der Waals surface area contributed by atoms with E-state index < -0.39 is 11.5 Å². The average molecular weight is 884 g/mol. The lowest BCUT2D eigenvalue weighted by Crippen LogP contribution is -2.26. The molecule has 0 fully saturated rings. The minimum absolute atomic E-state index is 0.166. The molecule has 1 spiro atoms. The van der Waals surface area contributed by atoms with Crippen molar-refractivity contribution in [3.63, 3.8) is 0 Å². The first-order valence-electron chi connectivity index (χ1n) is 25.9. The number of benzene rings is 11. The highest BCUT2D eigenvalue weighted by Crippen LogP contribution is 2.64. The number of rotatable bonds is 9. The van der Waals surface area contributed by atoms with E-state index in [0.29, 0.717) is 5.56 Å². The number of nitrogens with zero attached hydrogens (tertiary/aromatic N) is 2. The van der Waals surface area contributed by atoms with Crippen molar-refractivity contribution < 1.29 is 6.85 Å². The molecule has 1 unspecified atom stereocenters. The number of para-hydroxylation sites is 2. The van der Waals surface area contributed by atoms with Gasteiger partial charge in [-0.2, -0.15) is 0 Å². The fourth-order valence-electron chi connectivity index (χ4n) is 11.0. The Kier molecular flexibility index (Phi) is 8.54. The van der Waals surface area contributed by atoms with Crippen LogP contribution in [0, 0.1) is 0 Å². The van der Waals surface area contributed by atoms with Gasteiger partial charge in [0.1, 0.15) is 0 Å². The van der Waals surface area contributed by atoms with E-state index in [1.165, 1.54) is 44.5 Å². The Morgan fingerprint density at radius 1 is 0.261 bits per heavy atom. The van der Waals surface area contributed by atoms with E-state index in [1.807, 2.05) is 36.4 Å². The molecular formula is C67H46N2. The van der Waals surface area contributed by atoms with Gasteiger partial charge in [-0.15, -0.1) is 0 Å². The molecule has 324 valence electrons. The Labute approximate surface area is 411 Å². The van der Waals surface area contributed by atoms with Gasteiger partial charge >= 0.3 is 0 Å². The molecule has 13 rings (SSSR count). The predicted octanol–water partition coefficient (Wildman–Crippen LogP) is 18.0. The second-order valence-corrected chi connectivity index (χ2v) is 17.7. The molecule has 69 heavy (non-hydrogen) atoms. The van der Waals surface area contributed by atoms with Crippen LogP contribution >= 0.6 is 0 Å². The molecule has 0 heterocycles. The van der Waals surface area contributed by atoms with E-state index in [-0.39, 0.29) is 29.7 Å². The topological polar surface area (TPSA) is 6.48 Å². The van der Waals surface area contributed by atoms with E-state index in [4.69, 9.17) is 6.85 Å². The van der Waals surface area contributed by atoms with Crippen LogP contribution in [0.5, 0.6) is 0 Å². The maximum atomic E-state index is 8.84. The summed E-state index contributed by atoms with van der Waals surface area (Å²) < 4.78 is 42.9. The maximum Gasteiger partial charge on any atom is 0.0727 e. The van der Waals surface area contributed by atoms with Gasteiger partial charge in [0.15, 0.2) is 0 Å². The summed E-state index contributed by atoms with van der Waals surface area (Å²) in [6.45, 7) is 0. The number of hydrogen-bond acceptors (Lipinski definition) is 2. The third-order valence-electron chi connectivity index (χ3n) is 13.9. The summed E-state index contributed by atoms with van der Waals surface area (Å²) in [5.41, 5.74) is 19.8. The highest BCUT2D eigenvalue weighted by Gasteiger charge is 2.52. The molecule has 0 aliphatic heterocycles. The quantitative estimate of drug-likeness (QED) is 0.142. The van der Waals surface area contributed by atoms with E-state index in [2.05, 4.69) is 222 Å². The smallest absolute Gasteiger partial charge is 0.0727 e. The molecule has 11 aromatic rings. The van der Waals surface area contributed by atoms with Crippen LogP contribution in [-0.4, -0.2) is 0 Å². The fraction of sp³-hybridized carbons (Fsp3) is 0.0149. The Morgan fingerprint density at radius 2 is 0.681 bits per heavy atom. The minimum atomic E-state index is -0.696. The molecule has 0 aromatic heterocycles. The van der Waals surface area contributed by atoms with Crippen LogP contribution in [0.3, 0.4) is 0 Å². The highest BCUT2D eigenvalue weighted by molar-refractivity contribution is 5.98. The monoisotopic (exact) mass is 883 g/mol. The molecule has 0 amide bonds. The van der Waals surface area contributed by atoms with Crippen LogP contribution in [0.1, 0.15) is 29.1 Å². The molecule has 0 bridgehead atoms. The Bertz CT molecular complexity index is 3880. The summed E-state index contributed by atoms with van der Waals surface area (Å²) in [5, 5.41) is 0. The first-order valence-corrected chi connectivity index (χ1v) is 23.4. The second-order valence-electron chi connectivity index (χ2n) is 17.7. The van der Waals surface area contributed by atoms with Gasteiger partial charge in [0.2, 0.25) is 0 Å². The predicted molar refractivity (Wildman–Crippen MR) is 288 cm³/mol. The van der Waals surface area contributed by atoms with Crippen molar-refractivity contribution in [2.45, 2.75) is 5.41 Å². The molecular weight excluding hydrogens is 833 g/mol. The summed E-state index contributed by atoms with van der Waals surface area (Å²) >= 11 is 0. The molecule has 2 aliphatic rings. The normalized spacial score (nSPS) is 14.9. The third kappa shape index (κ3) is 6.64. The van der Waals surface area contributed by atoms with Crippen LogP contribution in [0.15, 0.2) is 279 Å². The van der Waals surface area contributed by atoms with E-state index in [9.17, 15) is 0 Å². The van der Waals surface area contributed by atoms with Crippen molar-refractivity contribution in [1.82, 2.24) is 0 Å². The van der Waals surface area contributed by atoms with E-state index >= 15 is 0 Å². The molecule has 11 aromatic carbocycles. The lowest BCUT2D eigenvalue weighted by Gasteiger charge is -2.34. The molecule has 0 saturated carbocycles. The van der Waals surface area contributed by atoms with E-state index in [1.54, 1.807) is 0 Å². The molecule has 0 saturated heterocycles. The van der Waals surface area contributed by atoms with Crippen molar-refractivity contribution in [3.8, 4) is 55.6 Å². The first kappa shape index (κ1) is 35.2. The van der Waals surface area contributed by atoms with Gasteiger partial charge in [0.05, 0.1) is 18.0 Å². The van der Waals surface area contributed by atoms with Crippen LogP contribution in [0.2, 0.25) is 0 Å². The molecule has 2 aliphatic carbocycles. The minimum Gasteiger partial charge on any atom is -0.310 e. The van der Waals surface area contributed by atoms with Crippen LogP contribution in [0.25, 0.3) is 55.6 Å². The summed E-state index contributed by atoms with van der Waals surface area (Å²) in [4.78, 5) is 4.65. The number of anilines is 6. The molecule has 0 radical (unpaired) electrons. The van der Waals surface area contributed by atoms with Gasteiger partial charge in [-0.3, -0.25) is 0 Å². The largest absolute Gasteiger partial charge is 0.310 e. The molecule has 1 atom stereocenters. The zero-order chi connectivity index (χ0) is 50.1. The molecule has 2 nitrogen and oxygen atoms in total. The second kappa shape index (κ2) is 16.7. The van der Waals surface area contributed by atoms with Gasteiger partial charge in [-0.1, -0.05) is 206 Å². The van der Waals surface area contributed by atoms with Gasteiger partial charge in [-0.25, -0.2) is 0 Å². The summed E-state index contributed by atoms with van der Waals surface area (Å²) in [7, 11) is 0. The fourth-order valence-corrected chi connectivity index (χ4v) is 11.0. The lowest BCUT2D eigenvalue weighted by molar-refractivity contribution is 0.793. The van der Waals surface area contributed by atoms with Crippen molar-refractivity contribution in [2.24, 2.45) is 0 Å². The Morgan fingerprint density at radius 3 is 1.25 bits per heavy atom. The lowest BCUT2D eigenvalue weighted by atomic mass is 9.70. The van der Waals surface area contributed by atoms with Gasteiger partial charge < -0.3 is 9.80 Å². The summed E-state index contributed by atoms with van der Waals surface area (Å²) in [6.07, 6.45) is 0. The van der Waals surface area contributed by atoms with Crippen molar-refractivity contribution in [2.75, 3.05) is 9.80 Å². The van der Waals surface area contributed by atoms with E-state index in [0.717, 1.165) is 56.4 Å². The number of hydrogen-bond donors (Lipinski definition) is 0. The Hall–Kier alpha value is -8.98. The standard InChI is InChI=1S/C67H46N2/c1-6-20-47(21-7-1)49-34-37-54(38-35-49)69(66-43-36-51(48-22-8-2-9-23-48)44-61(66)50-24-10-3-11-25-50)56-40-42-60-58-31-17-19-33-63(58)67(65(60)46-56)62-32-18-16-30-57(62)59-41-39-55(45-64(59)67)68(52-26-12-4-13-27-52)53-28-14-5-15-29-53/h1-46H/i1D,6D,7D,20D,21D. The molecule has 2 heteroatoms. The van der Waals surface area contributed by atoms with Crippen LogP contribution < -0.4 is 9.80 Å². The van der Waals surface area contributed by atoms with Crippen LogP contribution in [-0.2, 0) is 5.41 Å². The maximum absolute atomic E-state index is 8.84. The van der Waals surface area contributed by atoms with Gasteiger partial charge in [-0.05, 0) is 145 Å². The first-order chi connectivity index (χ1) is 36.3. The highest BCUT2D eigenvalue weighted by atomic mass is 15.1. The van der Waals surface area contributed by atoms with Crippen molar-refractivity contribution in [3.05, 3.63) is 301 Å². The number of fused-ring (bicyclic) bond motifs is 10. The Balaban J connectivity index is 1.06. The van der Waals surface area contributed by atoms with Crippen LogP contribution in [0.4, 0.5) is 34.1 Å². The summed E-state index contributed by atoms with van der Waals surface area (Å²) in [5.74, 6) is 0. The SMILES string of the molecule is [2H]c1c([2H])c([2H])c(-c2ccc(N(c3ccc4c(c3)C3(c5ccccc5-c5ccc(N(c6ccccc6)c6ccccc6)cc53)c3ccccc3-4)c3ccc(-c4ccccc4)cc3-c3ccccc3)cc2)c([2H])c1[2H]. The van der Waals surface area contributed by atoms with Gasteiger partial charge in [0.25, 0.3) is 0 Å². The van der Waals surface area contributed by atoms with Crippen molar-refractivity contribution in [1.29, 1.82) is 0 Å². The zero-order valence-corrected chi connectivity index (χ0v) is 37.6. The summed E-state index contributed by atoms with van der Waals surface area (Å²) in [6, 6.07) is 86.6. The van der Waals surface area contributed by atoms with Crippen molar-refractivity contribution >= 4 is 34.1 Å². The van der Waals surface area contributed by atoms with Gasteiger partial charge in [0, 0.05) is 34.0 Å². The zero-order valence-electron chi connectivity index (χ0n) is 42.6.